The van der Waals surface area contributed by atoms with Crippen LogP contribution in [-0.2, 0) is 0 Å². The minimum Gasteiger partial charge on any atom is -0.424 e. The summed E-state index contributed by atoms with van der Waals surface area (Å²) in [7, 11) is 0. The number of hydrogen-bond donors (Lipinski definition) is 0. The molecule has 0 radical (unpaired) electrons. The number of ether oxygens (including phenoxy) is 2. The quantitative estimate of drug-likeness (QED) is 0.473. The first-order valence-electron chi connectivity index (χ1n) is 8.44. The van der Waals surface area contributed by atoms with Crippen molar-refractivity contribution in [3.8, 4) is 23.5 Å². The topological polar surface area (TPSA) is 87.1 Å². The van der Waals surface area contributed by atoms with Crippen molar-refractivity contribution in [1.82, 2.24) is 19.9 Å². The summed E-state index contributed by atoms with van der Waals surface area (Å²) >= 11 is 0. The predicted octanol–water partition coefficient (Wildman–Crippen LogP) is 4.08. The van der Waals surface area contributed by atoms with Crippen LogP contribution < -0.4 is 9.47 Å². The van der Waals surface area contributed by atoms with Crippen molar-refractivity contribution in [2.24, 2.45) is 0 Å². The second-order valence-corrected chi connectivity index (χ2v) is 5.59. The number of para-hydroxylation sites is 2. The lowest BCUT2D eigenvalue weighted by molar-refractivity contribution is 0.103. The van der Waals surface area contributed by atoms with E-state index < -0.39 is 0 Å². The Balaban J connectivity index is 1.67. The molecule has 0 fully saturated rings. The van der Waals surface area contributed by atoms with Gasteiger partial charge in [0.1, 0.15) is 11.5 Å². The molecule has 0 unspecified atom stereocenters. The number of nitrogens with zero attached hydrogens (tertiary/aromatic N) is 4. The fraction of sp³-hybridized carbons (Fsp3) is 0. The summed E-state index contributed by atoms with van der Waals surface area (Å²) < 4.78 is 11.4. The molecule has 0 N–H and O–H groups in total. The summed E-state index contributed by atoms with van der Waals surface area (Å²) in [5.41, 5.74) is 0.722. The monoisotopic (exact) mass is 370 g/mol. The van der Waals surface area contributed by atoms with Crippen LogP contribution in [0.25, 0.3) is 0 Å². The number of rotatable bonds is 6. The van der Waals surface area contributed by atoms with Gasteiger partial charge < -0.3 is 9.47 Å². The minimum atomic E-state index is -0.266. The molecule has 0 bridgehead atoms. The lowest BCUT2D eigenvalue weighted by atomic mass is 10.0. The van der Waals surface area contributed by atoms with Gasteiger partial charge in [-0.15, -0.1) is 0 Å². The van der Waals surface area contributed by atoms with Crippen LogP contribution in [0.2, 0.25) is 0 Å². The van der Waals surface area contributed by atoms with Crippen LogP contribution in [0.15, 0.2) is 85.5 Å². The van der Waals surface area contributed by atoms with Gasteiger partial charge in [-0.3, -0.25) is 4.79 Å². The lowest BCUT2D eigenvalue weighted by Crippen LogP contribution is -2.06. The Kier molecular flexibility index (Phi) is 4.97. The predicted molar refractivity (Wildman–Crippen MR) is 101 cm³/mol. The van der Waals surface area contributed by atoms with E-state index >= 15 is 0 Å². The average molecular weight is 370 g/mol. The summed E-state index contributed by atoms with van der Waals surface area (Å²) in [6.45, 7) is 0. The Morgan fingerprint density at radius 2 is 0.964 bits per heavy atom. The molecule has 0 amide bonds. The van der Waals surface area contributed by atoms with Crippen molar-refractivity contribution in [2.45, 2.75) is 0 Å². The molecule has 4 rings (SSSR count). The van der Waals surface area contributed by atoms with E-state index in [1.807, 2.05) is 0 Å². The number of benzene rings is 2. The Labute approximate surface area is 160 Å². The lowest BCUT2D eigenvalue weighted by Gasteiger charge is -2.11. The molecular formula is C21H14N4O3. The zero-order chi connectivity index (χ0) is 19.2. The van der Waals surface area contributed by atoms with Gasteiger partial charge in [0.05, 0.1) is 11.1 Å². The second-order valence-electron chi connectivity index (χ2n) is 5.59. The highest BCUT2D eigenvalue weighted by atomic mass is 16.5. The molecule has 4 aromatic rings. The van der Waals surface area contributed by atoms with Crippen LogP contribution in [0.5, 0.6) is 23.5 Å². The zero-order valence-electron chi connectivity index (χ0n) is 14.6. The molecule has 7 nitrogen and oxygen atoms in total. The maximum atomic E-state index is 13.2. The highest BCUT2D eigenvalue weighted by Gasteiger charge is 2.20. The minimum absolute atomic E-state index is 0.157. The first-order chi connectivity index (χ1) is 13.8. The standard InChI is InChI=1S/C21H14N4O3/c26-19(15-7-1-3-9-17(15)27-20-22-11-5-12-23-20)16-8-2-4-10-18(16)28-21-24-13-6-14-25-21/h1-14H. The van der Waals surface area contributed by atoms with E-state index in [1.54, 1.807) is 85.5 Å². The molecule has 0 spiro atoms. The average Bonchev–Trinajstić information content (AvgIpc) is 2.76. The largest absolute Gasteiger partial charge is 0.424 e. The number of ketones is 1. The highest BCUT2D eigenvalue weighted by molar-refractivity contribution is 6.12. The van der Waals surface area contributed by atoms with Crippen molar-refractivity contribution in [2.75, 3.05) is 0 Å². The van der Waals surface area contributed by atoms with Gasteiger partial charge in [-0.2, -0.15) is 0 Å². The molecule has 2 aromatic carbocycles. The summed E-state index contributed by atoms with van der Waals surface area (Å²) in [6, 6.07) is 17.5. The third-order valence-corrected chi connectivity index (χ3v) is 3.75. The SMILES string of the molecule is O=C(c1ccccc1Oc1ncccn1)c1ccccc1Oc1ncccn1. The summed E-state index contributed by atoms with van der Waals surface area (Å²) in [5.74, 6) is 0.437. The molecule has 0 saturated carbocycles. The van der Waals surface area contributed by atoms with Crippen molar-refractivity contribution in [3.05, 3.63) is 96.6 Å². The van der Waals surface area contributed by atoms with Gasteiger partial charge in [-0.25, -0.2) is 19.9 Å². The fourth-order valence-corrected chi connectivity index (χ4v) is 2.50. The molecule has 28 heavy (non-hydrogen) atoms. The third-order valence-electron chi connectivity index (χ3n) is 3.75. The normalized spacial score (nSPS) is 10.3. The maximum Gasteiger partial charge on any atom is 0.321 e. The van der Waals surface area contributed by atoms with Gasteiger partial charge in [-0.1, -0.05) is 24.3 Å². The molecule has 136 valence electrons. The van der Waals surface area contributed by atoms with E-state index in [-0.39, 0.29) is 17.8 Å². The van der Waals surface area contributed by atoms with Crippen LogP contribution in [-0.4, -0.2) is 25.7 Å². The van der Waals surface area contributed by atoms with E-state index in [4.69, 9.17) is 9.47 Å². The van der Waals surface area contributed by atoms with Crippen molar-refractivity contribution < 1.29 is 14.3 Å². The fourth-order valence-electron chi connectivity index (χ4n) is 2.50. The zero-order valence-corrected chi connectivity index (χ0v) is 14.6. The molecule has 7 heteroatoms. The van der Waals surface area contributed by atoms with Crippen LogP contribution in [0.4, 0.5) is 0 Å². The van der Waals surface area contributed by atoms with Gasteiger partial charge in [0.25, 0.3) is 0 Å². The first-order valence-corrected chi connectivity index (χ1v) is 8.44. The highest BCUT2D eigenvalue weighted by Crippen LogP contribution is 2.29. The van der Waals surface area contributed by atoms with Gasteiger partial charge in [0.2, 0.25) is 5.78 Å². The summed E-state index contributed by atoms with van der Waals surface area (Å²) in [4.78, 5) is 29.4. The molecule has 2 aromatic heterocycles. The van der Waals surface area contributed by atoms with E-state index in [0.29, 0.717) is 22.6 Å². The Morgan fingerprint density at radius 3 is 1.39 bits per heavy atom. The van der Waals surface area contributed by atoms with Gasteiger partial charge in [0, 0.05) is 24.8 Å². The smallest absolute Gasteiger partial charge is 0.321 e. The van der Waals surface area contributed by atoms with Crippen molar-refractivity contribution in [3.63, 3.8) is 0 Å². The molecule has 0 aliphatic heterocycles. The molecule has 0 aliphatic rings. The number of hydrogen-bond acceptors (Lipinski definition) is 7. The molecule has 2 heterocycles. The Bertz CT molecular complexity index is 1000. The van der Waals surface area contributed by atoms with E-state index in [9.17, 15) is 4.79 Å². The number of carbonyl (C=O) groups excluding carboxylic acids is 1. The summed E-state index contributed by atoms with van der Waals surface area (Å²) in [5, 5.41) is 0. The van der Waals surface area contributed by atoms with Gasteiger partial charge in [0.15, 0.2) is 0 Å². The first kappa shape index (κ1) is 17.3. The number of carbonyl (C=O) groups is 1. The maximum absolute atomic E-state index is 13.2. The van der Waals surface area contributed by atoms with Crippen LogP contribution >= 0.6 is 0 Å². The molecule has 0 saturated heterocycles. The van der Waals surface area contributed by atoms with Crippen LogP contribution in [0.1, 0.15) is 15.9 Å². The van der Waals surface area contributed by atoms with Gasteiger partial charge in [-0.05, 0) is 36.4 Å². The van der Waals surface area contributed by atoms with Crippen LogP contribution in [0, 0.1) is 0 Å². The van der Waals surface area contributed by atoms with E-state index in [0.717, 1.165) is 0 Å². The van der Waals surface area contributed by atoms with E-state index in [2.05, 4.69) is 19.9 Å². The number of aromatic nitrogens is 4. The van der Waals surface area contributed by atoms with Crippen molar-refractivity contribution in [1.29, 1.82) is 0 Å². The second kappa shape index (κ2) is 8.05. The molecular weight excluding hydrogens is 356 g/mol. The molecule has 0 aliphatic carbocycles. The Hall–Kier alpha value is -4.13. The summed E-state index contributed by atoms with van der Waals surface area (Å²) in [6.07, 6.45) is 6.26. The third kappa shape index (κ3) is 3.83. The Morgan fingerprint density at radius 1 is 0.571 bits per heavy atom. The van der Waals surface area contributed by atoms with Crippen molar-refractivity contribution >= 4 is 5.78 Å². The van der Waals surface area contributed by atoms with E-state index in [1.165, 1.54) is 0 Å². The molecule has 0 atom stereocenters. The van der Waals surface area contributed by atoms with Gasteiger partial charge >= 0.3 is 12.0 Å². The van der Waals surface area contributed by atoms with Crippen LogP contribution in [0.3, 0.4) is 0 Å².